The molecule has 0 unspecified atom stereocenters. The third-order valence-electron chi connectivity index (χ3n) is 4.83. The molecule has 160 valence electrons. The van der Waals surface area contributed by atoms with Crippen molar-refractivity contribution in [3.63, 3.8) is 0 Å². The number of esters is 2. The van der Waals surface area contributed by atoms with Crippen LogP contribution in [-0.2, 0) is 20.9 Å². The number of fused-ring (bicyclic) bond motifs is 2. The molecule has 2 aromatic heterocycles. The largest absolute Gasteiger partial charge is 0.462 e. The highest BCUT2D eigenvalue weighted by molar-refractivity contribution is 7.21. The van der Waals surface area contributed by atoms with Gasteiger partial charge in [0.2, 0.25) is 0 Å². The number of oxazole rings is 1. The Morgan fingerprint density at radius 3 is 2.71 bits per heavy atom. The second-order valence-electron chi connectivity index (χ2n) is 6.73. The van der Waals surface area contributed by atoms with Gasteiger partial charge in [-0.3, -0.25) is 4.57 Å². The van der Waals surface area contributed by atoms with Crippen LogP contribution >= 0.6 is 11.3 Å². The van der Waals surface area contributed by atoms with Gasteiger partial charge in [-0.15, -0.1) is 11.3 Å². The number of ether oxygens (including phenoxy) is 2. The second-order valence-corrected chi connectivity index (χ2v) is 7.78. The van der Waals surface area contributed by atoms with E-state index in [0.29, 0.717) is 15.8 Å². The summed E-state index contributed by atoms with van der Waals surface area (Å²) in [5.74, 6) is -2.55. The molecule has 0 saturated carbocycles. The lowest BCUT2D eigenvalue weighted by molar-refractivity contribution is -0.148. The van der Waals surface area contributed by atoms with Crippen LogP contribution in [0.1, 0.15) is 35.1 Å². The highest BCUT2D eigenvalue weighted by atomic mass is 32.1. The quantitative estimate of drug-likeness (QED) is 0.410. The number of para-hydroxylation sites is 2. The van der Waals surface area contributed by atoms with Crippen molar-refractivity contribution >= 4 is 44.5 Å². The van der Waals surface area contributed by atoms with Crippen molar-refractivity contribution in [2.75, 3.05) is 6.61 Å². The smallest absolute Gasteiger partial charge is 0.420 e. The minimum atomic E-state index is -0.989. The molecule has 0 aliphatic rings. The summed E-state index contributed by atoms with van der Waals surface area (Å²) in [6.07, 6.45) is 0. The fourth-order valence-electron chi connectivity index (χ4n) is 3.39. The molecule has 0 amide bonds. The maximum atomic E-state index is 14.5. The average molecular weight is 443 g/mol. The number of halogens is 1. The standard InChI is InChI=1S/C22H18FNO6S/c1-3-28-21(26)19-13(18-14(23)7-6-10-17(18)31-19)11-29-20(25)12(2)24-15-8-4-5-9-16(15)30-22(24)27/h4-10,12H,3,11H2,1-2H3/t12-/m1/s1. The molecule has 0 spiro atoms. The average Bonchev–Trinajstić information content (AvgIpc) is 3.29. The summed E-state index contributed by atoms with van der Waals surface area (Å²) in [7, 11) is 0. The molecule has 7 nitrogen and oxygen atoms in total. The van der Waals surface area contributed by atoms with Crippen molar-refractivity contribution in [1.29, 1.82) is 0 Å². The Balaban J connectivity index is 1.65. The van der Waals surface area contributed by atoms with Gasteiger partial charge < -0.3 is 13.9 Å². The van der Waals surface area contributed by atoms with Crippen LogP contribution in [-0.4, -0.2) is 23.1 Å². The summed E-state index contributed by atoms with van der Waals surface area (Å²) in [4.78, 5) is 37.5. The predicted octanol–water partition coefficient (Wildman–Crippen LogP) is 4.43. The molecular formula is C22H18FNO6S. The monoisotopic (exact) mass is 443 g/mol. The summed E-state index contributed by atoms with van der Waals surface area (Å²) in [6, 6.07) is 10.2. The highest BCUT2D eigenvalue weighted by Gasteiger charge is 2.26. The van der Waals surface area contributed by atoms with Crippen molar-refractivity contribution in [3.8, 4) is 0 Å². The molecule has 0 aliphatic heterocycles. The van der Waals surface area contributed by atoms with E-state index < -0.39 is 29.6 Å². The molecule has 0 saturated heterocycles. The maximum Gasteiger partial charge on any atom is 0.420 e. The number of hydrogen-bond donors (Lipinski definition) is 0. The molecule has 0 aliphatic carbocycles. The Labute approximate surface area is 179 Å². The molecule has 0 fully saturated rings. The van der Waals surface area contributed by atoms with Crippen LogP contribution in [0.5, 0.6) is 0 Å². The fourth-order valence-corrected chi connectivity index (χ4v) is 4.50. The molecule has 31 heavy (non-hydrogen) atoms. The third-order valence-corrected chi connectivity index (χ3v) is 6.01. The van der Waals surface area contributed by atoms with E-state index in [-0.39, 0.29) is 29.0 Å². The lowest BCUT2D eigenvalue weighted by Crippen LogP contribution is -2.26. The van der Waals surface area contributed by atoms with Crippen LogP contribution in [0.4, 0.5) is 4.39 Å². The summed E-state index contributed by atoms with van der Waals surface area (Å²) in [6.45, 7) is 2.98. The van der Waals surface area contributed by atoms with E-state index in [2.05, 4.69) is 0 Å². The van der Waals surface area contributed by atoms with E-state index in [9.17, 15) is 18.8 Å². The Bertz CT molecular complexity index is 1350. The zero-order valence-corrected chi connectivity index (χ0v) is 17.5. The maximum absolute atomic E-state index is 14.5. The SMILES string of the molecule is CCOC(=O)c1sc2cccc(F)c2c1COC(=O)[C@@H](C)n1c(=O)oc2ccccc21. The lowest BCUT2D eigenvalue weighted by atomic mass is 10.1. The van der Waals surface area contributed by atoms with Crippen molar-refractivity contribution in [3.05, 3.63) is 69.3 Å². The van der Waals surface area contributed by atoms with Gasteiger partial charge >= 0.3 is 17.7 Å². The number of carbonyl (C=O) groups excluding carboxylic acids is 2. The van der Waals surface area contributed by atoms with Crippen LogP contribution in [0.3, 0.4) is 0 Å². The summed E-state index contributed by atoms with van der Waals surface area (Å²) >= 11 is 1.07. The lowest BCUT2D eigenvalue weighted by Gasteiger charge is -2.13. The number of hydrogen-bond acceptors (Lipinski definition) is 7. The number of rotatable bonds is 6. The van der Waals surface area contributed by atoms with Gasteiger partial charge in [-0.1, -0.05) is 18.2 Å². The topological polar surface area (TPSA) is 87.7 Å². The van der Waals surface area contributed by atoms with Crippen LogP contribution < -0.4 is 5.76 Å². The van der Waals surface area contributed by atoms with Gasteiger partial charge in [-0.2, -0.15) is 0 Å². The van der Waals surface area contributed by atoms with Gasteiger partial charge in [0, 0.05) is 15.6 Å². The summed E-state index contributed by atoms with van der Waals surface area (Å²) in [5, 5.41) is 0.210. The molecule has 0 radical (unpaired) electrons. The molecule has 2 aromatic carbocycles. The van der Waals surface area contributed by atoms with Crippen molar-refractivity contribution in [1.82, 2.24) is 4.57 Å². The summed E-state index contributed by atoms with van der Waals surface area (Å²) in [5.41, 5.74) is 1.04. The Hall–Kier alpha value is -3.46. The zero-order valence-electron chi connectivity index (χ0n) is 16.7. The van der Waals surface area contributed by atoms with Crippen LogP contribution in [0, 0.1) is 5.82 Å². The molecule has 4 aromatic rings. The molecule has 1 atom stereocenters. The Kier molecular flexibility index (Phi) is 5.60. The molecule has 0 N–H and O–H groups in total. The van der Waals surface area contributed by atoms with Gasteiger partial charge in [0.25, 0.3) is 0 Å². The number of benzene rings is 2. The predicted molar refractivity (Wildman–Crippen MR) is 113 cm³/mol. The molecule has 4 rings (SSSR count). The first-order valence-corrected chi connectivity index (χ1v) is 10.4. The minimum Gasteiger partial charge on any atom is -0.462 e. The Morgan fingerprint density at radius 1 is 1.16 bits per heavy atom. The van der Waals surface area contributed by atoms with E-state index in [1.54, 1.807) is 37.3 Å². The number of nitrogens with zero attached hydrogens (tertiary/aromatic N) is 1. The van der Waals surface area contributed by atoms with Crippen LogP contribution in [0.25, 0.3) is 21.2 Å². The van der Waals surface area contributed by atoms with Gasteiger partial charge in [-0.05, 0) is 38.1 Å². The first kappa shape index (κ1) is 20.8. The van der Waals surface area contributed by atoms with Crippen molar-refractivity contribution < 1.29 is 27.9 Å². The molecular weight excluding hydrogens is 425 g/mol. The van der Waals surface area contributed by atoms with E-state index in [1.807, 2.05) is 0 Å². The normalized spacial score (nSPS) is 12.2. The van der Waals surface area contributed by atoms with Crippen molar-refractivity contribution in [2.24, 2.45) is 0 Å². The fraction of sp³-hybridized carbons (Fsp3) is 0.227. The molecule has 9 heteroatoms. The van der Waals surface area contributed by atoms with Crippen LogP contribution in [0.15, 0.2) is 51.7 Å². The number of aromatic nitrogens is 1. The minimum absolute atomic E-state index is 0.155. The molecule has 0 bridgehead atoms. The number of thiophene rings is 1. The van der Waals surface area contributed by atoms with Gasteiger partial charge in [-0.25, -0.2) is 18.8 Å². The first-order valence-electron chi connectivity index (χ1n) is 9.56. The Morgan fingerprint density at radius 2 is 1.94 bits per heavy atom. The van der Waals surface area contributed by atoms with E-state index >= 15 is 0 Å². The van der Waals surface area contributed by atoms with Crippen LogP contribution in [0.2, 0.25) is 0 Å². The van der Waals surface area contributed by atoms with E-state index in [0.717, 1.165) is 11.3 Å². The third kappa shape index (κ3) is 3.72. The van der Waals surface area contributed by atoms with Crippen molar-refractivity contribution in [2.45, 2.75) is 26.5 Å². The second kappa shape index (κ2) is 8.35. The number of carbonyl (C=O) groups is 2. The van der Waals surface area contributed by atoms with E-state index in [1.165, 1.54) is 23.6 Å². The first-order chi connectivity index (χ1) is 14.9. The summed E-state index contributed by atoms with van der Waals surface area (Å²) < 4.78 is 31.9. The van der Waals surface area contributed by atoms with Gasteiger partial charge in [0.1, 0.15) is 23.3 Å². The van der Waals surface area contributed by atoms with Gasteiger partial charge in [0.05, 0.1) is 12.1 Å². The van der Waals surface area contributed by atoms with E-state index in [4.69, 9.17) is 13.9 Å². The van der Waals surface area contributed by atoms with Gasteiger partial charge in [0.15, 0.2) is 5.58 Å². The highest BCUT2D eigenvalue weighted by Crippen LogP contribution is 2.34. The molecule has 2 heterocycles. The zero-order chi connectivity index (χ0) is 22.1.